The van der Waals surface area contributed by atoms with Gasteiger partial charge in [0.2, 0.25) is 11.8 Å². The third-order valence-electron chi connectivity index (χ3n) is 6.45. The number of benzene rings is 1. The lowest BCUT2D eigenvalue weighted by Crippen LogP contribution is -2.72. The minimum absolute atomic E-state index is 0.0693. The number of para-hydroxylation sites is 1. The van der Waals surface area contributed by atoms with Crippen molar-refractivity contribution in [2.24, 2.45) is 5.41 Å². The molecule has 3 fully saturated rings. The van der Waals surface area contributed by atoms with E-state index in [-0.39, 0.29) is 23.9 Å². The lowest BCUT2D eigenvalue weighted by atomic mass is 9.67. The van der Waals surface area contributed by atoms with Crippen LogP contribution in [0.5, 0.6) is 0 Å². The van der Waals surface area contributed by atoms with Crippen molar-refractivity contribution < 1.29 is 9.59 Å². The zero-order chi connectivity index (χ0) is 17.9. The zero-order valence-corrected chi connectivity index (χ0v) is 15.6. The summed E-state index contributed by atoms with van der Waals surface area (Å²) in [5.41, 5.74) is 1.23. The van der Waals surface area contributed by atoms with Crippen molar-refractivity contribution in [1.29, 1.82) is 0 Å². The Morgan fingerprint density at radius 2 is 1.88 bits per heavy atom. The van der Waals surface area contributed by atoms with Crippen LogP contribution >= 0.6 is 12.2 Å². The molecule has 2 atom stereocenters. The van der Waals surface area contributed by atoms with Crippen molar-refractivity contribution in [2.45, 2.75) is 57.0 Å². The van der Waals surface area contributed by atoms with Gasteiger partial charge in [-0.1, -0.05) is 31.0 Å². The van der Waals surface area contributed by atoms with E-state index in [0.29, 0.717) is 11.5 Å². The molecule has 3 aliphatic heterocycles. The van der Waals surface area contributed by atoms with Crippen molar-refractivity contribution in [1.82, 2.24) is 10.2 Å². The SMILES string of the molecule is O=C1NC(=S)N(C2CC2)C(=O)[C@]12Cc1ccccc1N1CCCCC[C@H]12. The van der Waals surface area contributed by atoms with Crippen LogP contribution in [0.2, 0.25) is 0 Å². The van der Waals surface area contributed by atoms with E-state index in [4.69, 9.17) is 12.2 Å². The Morgan fingerprint density at radius 3 is 2.69 bits per heavy atom. The summed E-state index contributed by atoms with van der Waals surface area (Å²) in [5, 5.41) is 3.20. The first-order valence-corrected chi connectivity index (χ1v) is 10.1. The Kier molecular flexibility index (Phi) is 3.61. The molecule has 0 radical (unpaired) electrons. The third kappa shape index (κ3) is 2.17. The first kappa shape index (κ1) is 16.2. The second-order valence-electron chi connectivity index (χ2n) is 8.00. The normalized spacial score (nSPS) is 31.4. The molecule has 3 heterocycles. The summed E-state index contributed by atoms with van der Waals surface area (Å²) >= 11 is 5.36. The first-order valence-electron chi connectivity index (χ1n) is 9.66. The van der Waals surface area contributed by atoms with E-state index in [1.807, 2.05) is 12.1 Å². The fourth-order valence-corrected chi connectivity index (χ4v) is 5.38. The summed E-state index contributed by atoms with van der Waals surface area (Å²) in [4.78, 5) is 31.1. The quantitative estimate of drug-likeness (QED) is 0.610. The highest BCUT2D eigenvalue weighted by atomic mass is 32.1. The molecule has 1 saturated carbocycles. The Bertz CT molecular complexity index is 806. The standard InChI is InChI=1S/C20H23N3O2S/c24-17-20(18(25)23(14-9-10-14)19(26)21-17)12-13-6-3-4-7-15(13)22-11-5-1-2-8-16(20)22/h3-4,6-7,14,16H,1-2,5,8-12H2,(H,21,24,26)/t16-,20-/m0/s1. The minimum Gasteiger partial charge on any atom is -0.367 e. The van der Waals surface area contributed by atoms with Gasteiger partial charge in [-0.15, -0.1) is 0 Å². The summed E-state index contributed by atoms with van der Waals surface area (Å²) < 4.78 is 0. The lowest BCUT2D eigenvalue weighted by molar-refractivity contribution is -0.152. The van der Waals surface area contributed by atoms with Gasteiger partial charge in [0.25, 0.3) is 0 Å². The van der Waals surface area contributed by atoms with Gasteiger partial charge in [-0.25, -0.2) is 0 Å². The molecule has 1 aromatic carbocycles. The van der Waals surface area contributed by atoms with E-state index >= 15 is 0 Å². The summed E-state index contributed by atoms with van der Waals surface area (Å²) in [5.74, 6) is -0.268. The summed E-state index contributed by atoms with van der Waals surface area (Å²) in [6, 6.07) is 8.33. The third-order valence-corrected chi connectivity index (χ3v) is 6.75. The van der Waals surface area contributed by atoms with Crippen molar-refractivity contribution in [3.8, 4) is 0 Å². The molecule has 4 aliphatic rings. The van der Waals surface area contributed by atoms with Crippen LogP contribution in [0.25, 0.3) is 0 Å². The van der Waals surface area contributed by atoms with Crippen LogP contribution in [-0.2, 0) is 16.0 Å². The smallest absolute Gasteiger partial charge is 0.247 e. The molecular formula is C20H23N3O2S. The number of amides is 2. The minimum atomic E-state index is -1.05. The van der Waals surface area contributed by atoms with Gasteiger partial charge in [0.1, 0.15) is 0 Å². The lowest BCUT2D eigenvalue weighted by Gasteiger charge is -2.52. The predicted molar refractivity (Wildman–Crippen MR) is 103 cm³/mol. The van der Waals surface area contributed by atoms with Crippen LogP contribution in [0.3, 0.4) is 0 Å². The van der Waals surface area contributed by atoms with Gasteiger partial charge < -0.3 is 10.2 Å². The van der Waals surface area contributed by atoms with Gasteiger partial charge in [0.05, 0.1) is 6.04 Å². The molecule has 1 aliphatic carbocycles. The van der Waals surface area contributed by atoms with E-state index in [1.165, 1.54) is 5.69 Å². The Balaban J connectivity index is 1.67. The van der Waals surface area contributed by atoms with Crippen LogP contribution in [0.4, 0.5) is 5.69 Å². The molecule has 5 rings (SSSR count). The van der Waals surface area contributed by atoms with Gasteiger partial charge in [-0.3, -0.25) is 14.5 Å². The molecule has 1 N–H and O–H groups in total. The van der Waals surface area contributed by atoms with E-state index in [0.717, 1.165) is 50.6 Å². The Hall–Kier alpha value is -1.95. The van der Waals surface area contributed by atoms with E-state index in [9.17, 15) is 9.59 Å². The van der Waals surface area contributed by atoms with Gasteiger partial charge >= 0.3 is 0 Å². The number of rotatable bonds is 1. The largest absolute Gasteiger partial charge is 0.367 e. The molecule has 1 aromatic rings. The number of nitrogens with zero attached hydrogens (tertiary/aromatic N) is 2. The second-order valence-corrected chi connectivity index (χ2v) is 8.39. The van der Waals surface area contributed by atoms with Gasteiger partial charge in [-0.2, -0.15) is 0 Å². The highest BCUT2D eigenvalue weighted by Crippen LogP contribution is 2.48. The molecule has 6 heteroatoms. The predicted octanol–water partition coefficient (Wildman–Crippen LogP) is 2.38. The highest BCUT2D eigenvalue weighted by molar-refractivity contribution is 7.80. The van der Waals surface area contributed by atoms with Crippen molar-refractivity contribution in [2.75, 3.05) is 11.4 Å². The summed E-state index contributed by atoms with van der Waals surface area (Å²) in [6.45, 7) is 0.901. The van der Waals surface area contributed by atoms with E-state index in [1.54, 1.807) is 4.90 Å². The molecule has 136 valence electrons. The fraction of sp³-hybridized carbons (Fsp3) is 0.550. The van der Waals surface area contributed by atoms with Gasteiger partial charge in [-0.05, 0) is 56.0 Å². The highest BCUT2D eigenvalue weighted by Gasteiger charge is 2.62. The summed E-state index contributed by atoms with van der Waals surface area (Å²) in [7, 11) is 0. The van der Waals surface area contributed by atoms with Crippen molar-refractivity contribution in [3.05, 3.63) is 29.8 Å². The number of fused-ring (bicyclic) bond motifs is 4. The average molecular weight is 369 g/mol. The number of carbonyl (C=O) groups excluding carboxylic acids is 2. The molecule has 1 spiro atoms. The number of hydrogen-bond acceptors (Lipinski definition) is 4. The van der Waals surface area contributed by atoms with Crippen LogP contribution < -0.4 is 10.2 Å². The monoisotopic (exact) mass is 369 g/mol. The molecule has 2 amide bonds. The molecule has 0 aromatic heterocycles. The van der Waals surface area contributed by atoms with Gasteiger partial charge in [0.15, 0.2) is 10.5 Å². The van der Waals surface area contributed by atoms with Crippen LogP contribution in [-0.4, -0.2) is 40.5 Å². The molecule has 2 saturated heterocycles. The summed E-state index contributed by atoms with van der Waals surface area (Å²) in [6.07, 6.45) is 6.60. The number of anilines is 1. The zero-order valence-electron chi connectivity index (χ0n) is 14.7. The maximum atomic E-state index is 13.7. The maximum absolute atomic E-state index is 13.7. The number of thiocarbonyl (C=S) groups is 1. The molecule has 26 heavy (non-hydrogen) atoms. The second kappa shape index (κ2) is 5.78. The molecular weight excluding hydrogens is 346 g/mol. The van der Waals surface area contributed by atoms with Crippen LogP contribution in [0, 0.1) is 5.41 Å². The average Bonchev–Trinajstić information content (AvgIpc) is 3.46. The van der Waals surface area contributed by atoms with Gasteiger partial charge in [0, 0.05) is 18.3 Å². The maximum Gasteiger partial charge on any atom is 0.247 e. The van der Waals surface area contributed by atoms with E-state index in [2.05, 4.69) is 22.3 Å². The first-order chi connectivity index (χ1) is 12.6. The molecule has 0 unspecified atom stereocenters. The Morgan fingerprint density at radius 1 is 1.08 bits per heavy atom. The molecule has 0 bridgehead atoms. The fourth-order valence-electron chi connectivity index (χ4n) is 5.06. The Labute approximate surface area is 158 Å². The van der Waals surface area contributed by atoms with Crippen molar-refractivity contribution >= 4 is 34.8 Å². The number of nitrogens with one attached hydrogen (secondary N) is 1. The molecule has 5 nitrogen and oxygen atoms in total. The van der Waals surface area contributed by atoms with Crippen LogP contribution in [0.15, 0.2) is 24.3 Å². The van der Waals surface area contributed by atoms with Crippen LogP contribution in [0.1, 0.15) is 44.1 Å². The van der Waals surface area contributed by atoms with Crippen molar-refractivity contribution in [3.63, 3.8) is 0 Å². The number of carbonyl (C=O) groups is 2. The van der Waals surface area contributed by atoms with E-state index < -0.39 is 5.41 Å². The number of hydrogen-bond donors (Lipinski definition) is 1. The topological polar surface area (TPSA) is 52.7 Å².